The van der Waals surface area contributed by atoms with E-state index in [1.54, 1.807) is 42.5 Å². The van der Waals surface area contributed by atoms with E-state index in [0.717, 1.165) is 18.4 Å². The Labute approximate surface area is 161 Å². The van der Waals surface area contributed by atoms with Gasteiger partial charge in [0.15, 0.2) is 0 Å². The average molecular weight is 387 g/mol. The van der Waals surface area contributed by atoms with Gasteiger partial charge in [0.05, 0.1) is 10.6 Å². The molecular formula is C21H26N2O3S. The van der Waals surface area contributed by atoms with Gasteiger partial charge in [-0.1, -0.05) is 31.5 Å². The van der Waals surface area contributed by atoms with E-state index >= 15 is 0 Å². The Morgan fingerprint density at radius 3 is 2.59 bits per heavy atom. The molecule has 144 valence electrons. The second kappa shape index (κ2) is 7.72. The maximum absolute atomic E-state index is 13.1. The molecule has 0 bridgehead atoms. The molecule has 1 amide bonds. The van der Waals surface area contributed by atoms with Crippen molar-refractivity contribution in [2.75, 3.05) is 4.31 Å². The Bertz CT molecular complexity index is 926. The summed E-state index contributed by atoms with van der Waals surface area (Å²) in [5, 5.41) is 3.00. The summed E-state index contributed by atoms with van der Waals surface area (Å²) >= 11 is 0. The standard InChI is InChI=1S/C21H26N2O3S/c1-4-8-15(2)22-21(24)17-11-12-20-18(14-17)13-16(3)23(20)27(25,26)19-9-6-5-7-10-19/h5-7,9-12,14-16H,4,8,13H2,1-3H3,(H,22,24)/t15-,16+/m0/s1. The molecule has 5 nitrogen and oxygen atoms in total. The van der Waals surface area contributed by atoms with Gasteiger partial charge in [-0.05, 0) is 62.6 Å². The molecule has 2 atom stereocenters. The molecule has 0 aromatic heterocycles. The largest absolute Gasteiger partial charge is 0.350 e. The van der Waals surface area contributed by atoms with Gasteiger partial charge in [0.25, 0.3) is 15.9 Å². The normalized spacial score (nSPS) is 17.4. The summed E-state index contributed by atoms with van der Waals surface area (Å²) in [7, 11) is -3.63. The number of carbonyl (C=O) groups excluding carboxylic acids is 1. The maximum atomic E-state index is 13.1. The van der Waals surface area contributed by atoms with Crippen molar-refractivity contribution in [1.29, 1.82) is 0 Å². The van der Waals surface area contributed by atoms with E-state index in [0.29, 0.717) is 17.7 Å². The predicted octanol–water partition coefficient (Wildman–Crippen LogP) is 3.74. The van der Waals surface area contributed by atoms with Gasteiger partial charge in [-0.15, -0.1) is 0 Å². The summed E-state index contributed by atoms with van der Waals surface area (Å²) in [4.78, 5) is 12.7. The number of rotatable bonds is 6. The number of anilines is 1. The molecule has 0 saturated heterocycles. The molecule has 0 unspecified atom stereocenters. The van der Waals surface area contributed by atoms with Gasteiger partial charge in [0, 0.05) is 17.6 Å². The highest BCUT2D eigenvalue weighted by Gasteiger charge is 2.36. The summed E-state index contributed by atoms with van der Waals surface area (Å²) in [5.74, 6) is -0.115. The fourth-order valence-electron chi connectivity index (χ4n) is 3.63. The molecule has 1 N–H and O–H groups in total. The van der Waals surface area contributed by atoms with Gasteiger partial charge in [0.1, 0.15) is 0 Å². The Kier molecular flexibility index (Phi) is 5.56. The third-order valence-corrected chi connectivity index (χ3v) is 6.84. The molecule has 3 rings (SSSR count). The molecule has 0 radical (unpaired) electrons. The van der Waals surface area contributed by atoms with Gasteiger partial charge in [-0.3, -0.25) is 9.10 Å². The molecule has 0 aliphatic carbocycles. The second-order valence-corrected chi connectivity index (χ2v) is 8.99. The number of benzene rings is 2. The number of fused-ring (bicyclic) bond motifs is 1. The lowest BCUT2D eigenvalue weighted by Gasteiger charge is -2.24. The van der Waals surface area contributed by atoms with Crippen molar-refractivity contribution >= 4 is 21.6 Å². The lowest BCUT2D eigenvalue weighted by Crippen LogP contribution is -2.35. The first-order valence-corrected chi connectivity index (χ1v) is 10.8. The Balaban J connectivity index is 1.89. The number of hydrogen-bond acceptors (Lipinski definition) is 3. The van der Waals surface area contributed by atoms with Gasteiger partial charge < -0.3 is 5.32 Å². The van der Waals surface area contributed by atoms with E-state index in [2.05, 4.69) is 12.2 Å². The second-order valence-electron chi connectivity index (χ2n) is 7.17. The number of nitrogens with zero attached hydrogens (tertiary/aromatic N) is 1. The topological polar surface area (TPSA) is 66.5 Å². The molecular weight excluding hydrogens is 360 g/mol. The number of nitrogens with one attached hydrogen (secondary N) is 1. The summed E-state index contributed by atoms with van der Waals surface area (Å²) in [6.07, 6.45) is 2.53. The first-order valence-electron chi connectivity index (χ1n) is 9.38. The predicted molar refractivity (Wildman–Crippen MR) is 108 cm³/mol. The van der Waals surface area contributed by atoms with Crippen LogP contribution in [0.1, 0.15) is 49.5 Å². The number of carbonyl (C=O) groups is 1. The highest BCUT2D eigenvalue weighted by molar-refractivity contribution is 7.92. The van der Waals surface area contributed by atoms with Crippen LogP contribution < -0.4 is 9.62 Å². The molecule has 1 aliphatic heterocycles. The van der Waals surface area contributed by atoms with Crippen LogP contribution in [-0.2, 0) is 16.4 Å². The fourth-order valence-corrected chi connectivity index (χ4v) is 5.34. The van der Waals surface area contributed by atoms with E-state index in [1.807, 2.05) is 19.9 Å². The average Bonchev–Trinajstić information content (AvgIpc) is 2.98. The molecule has 0 fully saturated rings. The van der Waals surface area contributed by atoms with Crippen LogP contribution in [0.3, 0.4) is 0 Å². The molecule has 6 heteroatoms. The molecule has 0 spiro atoms. The van der Waals surface area contributed by atoms with Crippen LogP contribution in [0, 0.1) is 0 Å². The number of sulfonamides is 1. The Hall–Kier alpha value is -2.34. The highest BCUT2D eigenvalue weighted by Crippen LogP contribution is 2.37. The lowest BCUT2D eigenvalue weighted by molar-refractivity contribution is 0.0938. The third-order valence-electron chi connectivity index (χ3n) is 4.89. The molecule has 27 heavy (non-hydrogen) atoms. The van der Waals surface area contributed by atoms with Crippen molar-refractivity contribution in [3.05, 3.63) is 59.7 Å². The molecule has 1 heterocycles. The zero-order valence-electron chi connectivity index (χ0n) is 16.0. The SMILES string of the molecule is CCC[C@H](C)NC(=O)c1ccc2c(c1)C[C@@H](C)N2S(=O)(=O)c1ccccc1. The molecule has 2 aromatic rings. The van der Waals surface area contributed by atoms with E-state index < -0.39 is 10.0 Å². The van der Waals surface area contributed by atoms with Crippen molar-refractivity contribution in [3.63, 3.8) is 0 Å². The van der Waals surface area contributed by atoms with Crippen molar-refractivity contribution < 1.29 is 13.2 Å². The summed E-state index contributed by atoms with van der Waals surface area (Å²) < 4.78 is 27.7. The third kappa shape index (κ3) is 3.86. The first-order chi connectivity index (χ1) is 12.8. The van der Waals surface area contributed by atoms with Crippen LogP contribution in [0.15, 0.2) is 53.4 Å². The van der Waals surface area contributed by atoms with Crippen LogP contribution in [0.5, 0.6) is 0 Å². The molecule has 2 aromatic carbocycles. The van der Waals surface area contributed by atoms with Crippen LogP contribution in [0.4, 0.5) is 5.69 Å². The van der Waals surface area contributed by atoms with Gasteiger partial charge in [-0.2, -0.15) is 0 Å². The number of hydrogen-bond donors (Lipinski definition) is 1. The van der Waals surface area contributed by atoms with Gasteiger partial charge in [0.2, 0.25) is 0 Å². The van der Waals surface area contributed by atoms with Crippen molar-refractivity contribution in [1.82, 2.24) is 5.32 Å². The van der Waals surface area contributed by atoms with Crippen LogP contribution in [0.25, 0.3) is 0 Å². The smallest absolute Gasteiger partial charge is 0.264 e. The summed E-state index contributed by atoms with van der Waals surface area (Å²) in [5.41, 5.74) is 2.12. The Morgan fingerprint density at radius 1 is 1.22 bits per heavy atom. The monoisotopic (exact) mass is 386 g/mol. The minimum atomic E-state index is -3.63. The van der Waals surface area contributed by atoms with Crippen molar-refractivity contribution in [2.45, 2.75) is 57.0 Å². The van der Waals surface area contributed by atoms with E-state index in [9.17, 15) is 13.2 Å². The zero-order chi connectivity index (χ0) is 19.6. The fraction of sp³-hybridized carbons (Fsp3) is 0.381. The van der Waals surface area contributed by atoms with Crippen LogP contribution in [0.2, 0.25) is 0 Å². The van der Waals surface area contributed by atoms with Crippen molar-refractivity contribution in [2.24, 2.45) is 0 Å². The summed E-state index contributed by atoms with van der Waals surface area (Å²) in [6, 6.07) is 13.7. The van der Waals surface area contributed by atoms with Crippen LogP contribution >= 0.6 is 0 Å². The zero-order valence-corrected chi connectivity index (χ0v) is 16.8. The van der Waals surface area contributed by atoms with E-state index in [-0.39, 0.29) is 22.9 Å². The minimum Gasteiger partial charge on any atom is -0.350 e. The van der Waals surface area contributed by atoms with E-state index in [1.165, 1.54) is 4.31 Å². The van der Waals surface area contributed by atoms with Gasteiger partial charge in [-0.25, -0.2) is 8.42 Å². The number of amides is 1. The molecule has 0 saturated carbocycles. The maximum Gasteiger partial charge on any atom is 0.264 e. The van der Waals surface area contributed by atoms with Crippen molar-refractivity contribution in [3.8, 4) is 0 Å². The quantitative estimate of drug-likeness (QED) is 0.822. The molecule has 1 aliphatic rings. The van der Waals surface area contributed by atoms with Gasteiger partial charge >= 0.3 is 0 Å². The summed E-state index contributed by atoms with van der Waals surface area (Å²) in [6.45, 7) is 5.97. The highest BCUT2D eigenvalue weighted by atomic mass is 32.2. The van der Waals surface area contributed by atoms with Crippen LogP contribution in [-0.4, -0.2) is 26.4 Å². The first kappa shape index (κ1) is 19.4. The Morgan fingerprint density at radius 2 is 1.93 bits per heavy atom. The van der Waals surface area contributed by atoms with E-state index in [4.69, 9.17) is 0 Å². The lowest BCUT2D eigenvalue weighted by atomic mass is 10.1. The minimum absolute atomic E-state index is 0.115.